The fraction of sp³-hybridized carbons (Fsp3) is 0.241. The second-order valence-corrected chi connectivity index (χ2v) is 10.2. The maximum atomic E-state index is 14.5. The van der Waals surface area contributed by atoms with Crippen LogP contribution >= 0.6 is 0 Å². The molecule has 0 radical (unpaired) electrons. The number of nitro benzene ring substituents is 1. The number of ketones is 2. The van der Waals surface area contributed by atoms with E-state index in [1.165, 1.54) is 43.3 Å². The molecule has 4 atom stereocenters. The molecule has 1 N–H and O–H groups in total. The van der Waals surface area contributed by atoms with E-state index < -0.39 is 63.5 Å². The van der Waals surface area contributed by atoms with Gasteiger partial charge in [0.05, 0.1) is 22.4 Å². The molecule has 0 saturated carbocycles. The number of amides is 2. The van der Waals surface area contributed by atoms with E-state index in [1.54, 1.807) is 6.08 Å². The van der Waals surface area contributed by atoms with Crippen molar-refractivity contribution in [2.75, 3.05) is 4.90 Å². The molecular weight excluding hydrogens is 507 g/mol. The Labute approximate surface area is 221 Å². The molecule has 0 bridgehead atoms. The standard InChI is InChI=1S/C29H21FN2O7/c1-13-10-22(33)20-12-19-16(23(25(20)26(13)34)17-6-3-7-21(30)27(17)35)8-9-18-24(19)29(37)31(28(18)36)14-4-2-5-15(11-14)32(38)39/h2-8,10-11,18-19,23-24,35H,9,12H2,1H3/t18-,19+,23+,24-/m0/s1. The molecule has 0 spiro atoms. The zero-order valence-corrected chi connectivity index (χ0v) is 20.6. The third-order valence-corrected chi connectivity index (χ3v) is 8.19. The Morgan fingerprint density at radius 1 is 1.05 bits per heavy atom. The Kier molecular flexibility index (Phi) is 5.46. The van der Waals surface area contributed by atoms with Crippen LogP contribution < -0.4 is 4.90 Å². The fourth-order valence-electron chi connectivity index (χ4n) is 6.48. The Bertz CT molecular complexity index is 1640. The van der Waals surface area contributed by atoms with Crippen LogP contribution in [0.2, 0.25) is 0 Å². The maximum Gasteiger partial charge on any atom is 0.271 e. The van der Waals surface area contributed by atoms with E-state index in [0.717, 1.165) is 17.0 Å². The first-order chi connectivity index (χ1) is 18.6. The first-order valence-electron chi connectivity index (χ1n) is 12.4. The average Bonchev–Trinajstić information content (AvgIpc) is 3.17. The number of Topliss-reactive ketones (excluding diaryl/α,β-unsaturated/α-hetero) is 1. The molecule has 39 heavy (non-hydrogen) atoms. The number of carbonyl (C=O) groups is 4. The number of halogens is 1. The molecular formula is C29H21FN2O7. The Morgan fingerprint density at radius 3 is 2.54 bits per heavy atom. The molecule has 2 aromatic carbocycles. The molecule has 0 unspecified atom stereocenters. The van der Waals surface area contributed by atoms with Gasteiger partial charge in [-0.3, -0.25) is 29.3 Å². The van der Waals surface area contributed by atoms with Crippen LogP contribution in [0.25, 0.3) is 0 Å². The topological polar surface area (TPSA) is 135 Å². The smallest absolute Gasteiger partial charge is 0.271 e. The van der Waals surface area contributed by atoms with Crippen molar-refractivity contribution >= 4 is 34.8 Å². The van der Waals surface area contributed by atoms with Gasteiger partial charge >= 0.3 is 0 Å². The zero-order valence-electron chi connectivity index (χ0n) is 20.6. The number of hydrogen-bond donors (Lipinski definition) is 1. The lowest BCUT2D eigenvalue weighted by atomic mass is 9.59. The van der Waals surface area contributed by atoms with Crippen molar-refractivity contribution in [3.05, 3.63) is 98.4 Å². The van der Waals surface area contributed by atoms with Gasteiger partial charge in [-0.05, 0) is 43.9 Å². The molecule has 3 aliphatic carbocycles. The van der Waals surface area contributed by atoms with Gasteiger partial charge in [-0.1, -0.05) is 29.8 Å². The van der Waals surface area contributed by atoms with Crippen molar-refractivity contribution in [1.29, 1.82) is 0 Å². The number of imide groups is 1. The van der Waals surface area contributed by atoms with E-state index in [4.69, 9.17) is 0 Å². The van der Waals surface area contributed by atoms with Crippen LogP contribution in [-0.2, 0) is 19.2 Å². The van der Waals surface area contributed by atoms with Crippen LogP contribution in [0.5, 0.6) is 5.75 Å². The highest BCUT2D eigenvalue weighted by molar-refractivity contribution is 6.25. The highest BCUT2D eigenvalue weighted by Gasteiger charge is 2.57. The van der Waals surface area contributed by atoms with Gasteiger partial charge in [0.25, 0.3) is 5.69 Å². The number of fused-ring (bicyclic) bond motifs is 3. The highest BCUT2D eigenvalue weighted by atomic mass is 19.1. The molecule has 10 heteroatoms. The summed E-state index contributed by atoms with van der Waals surface area (Å²) in [4.78, 5) is 65.4. The van der Waals surface area contributed by atoms with Gasteiger partial charge in [0.1, 0.15) is 0 Å². The summed E-state index contributed by atoms with van der Waals surface area (Å²) in [5.41, 5.74) is 1.01. The number of non-ortho nitro benzene ring substituents is 1. The largest absolute Gasteiger partial charge is 0.505 e. The van der Waals surface area contributed by atoms with Crippen molar-refractivity contribution in [3.63, 3.8) is 0 Å². The molecule has 196 valence electrons. The lowest BCUT2D eigenvalue weighted by Gasteiger charge is -2.42. The van der Waals surface area contributed by atoms with Crippen molar-refractivity contribution in [3.8, 4) is 5.75 Å². The first kappa shape index (κ1) is 24.6. The monoisotopic (exact) mass is 528 g/mol. The normalized spacial score (nSPS) is 26.2. The zero-order chi connectivity index (χ0) is 27.7. The predicted molar refractivity (Wildman–Crippen MR) is 135 cm³/mol. The SMILES string of the molecule is CC1=CC(=O)C2=C(C1=O)[C@@H](c1cccc(F)c1O)C1=CC[C@@H]3C(=O)N(c4cccc([N+](=O)[O-])c4)C(=O)[C@@H]3[C@@H]1C2. The number of rotatable bonds is 3. The van der Waals surface area contributed by atoms with Gasteiger partial charge < -0.3 is 5.11 Å². The van der Waals surface area contributed by atoms with Crippen molar-refractivity contribution in [2.24, 2.45) is 17.8 Å². The molecule has 1 heterocycles. The molecule has 9 nitrogen and oxygen atoms in total. The van der Waals surface area contributed by atoms with E-state index in [9.17, 15) is 38.8 Å². The number of phenolic OH excluding ortho intramolecular Hbond substituents is 1. The number of anilines is 1. The Morgan fingerprint density at radius 2 is 1.79 bits per heavy atom. The van der Waals surface area contributed by atoms with Crippen molar-refractivity contribution in [1.82, 2.24) is 0 Å². The minimum Gasteiger partial charge on any atom is -0.505 e. The summed E-state index contributed by atoms with van der Waals surface area (Å²) in [7, 11) is 0. The lowest BCUT2D eigenvalue weighted by molar-refractivity contribution is -0.384. The summed E-state index contributed by atoms with van der Waals surface area (Å²) in [5, 5.41) is 22.0. The number of hydrogen-bond acceptors (Lipinski definition) is 7. The van der Waals surface area contributed by atoms with Crippen LogP contribution in [0, 0.1) is 33.7 Å². The minimum absolute atomic E-state index is 0.0189. The second-order valence-electron chi connectivity index (χ2n) is 10.2. The van der Waals surface area contributed by atoms with E-state index in [-0.39, 0.29) is 46.5 Å². The third-order valence-electron chi connectivity index (χ3n) is 8.19. The molecule has 6 rings (SSSR count). The number of para-hydroxylation sites is 1. The summed E-state index contributed by atoms with van der Waals surface area (Å²) in [6.07, 6.45) is 3.14. The van der Waals surface area contributed by atoms with E-state index in [2.05, 4.69) is 0 Å². The molecule has 0 aromatic heterocycles. The van der Waals surface area contributed by atoms with Gasteiger partial charge in [0.2, 0.25) is 11.8 Å². The number of allylic oxidation sites excluding steroid dienone is 6. The number of benzene rings is 2. The second kappa shape index (κ2) is 8.65. The van der Waals surface area contributed by atoms with Crippen LogP contribution in [0.1, 0.15) is 31.2 Å². The van der Waals surface area contributed by atoms with Crippen LogP contribution in [-0.4, -0.2) is 33.4 Å². The van der Waals surface area contributed by atoms with Crippen LogP contribution in [0.3, 0.4) is 0 Å². The Hall–Kier alpha value is -4.73. The molecule has 1 saturated heterocycles. The summed E-state index contributed by atoms with van der Waals surface area (Å²) in [6.45, 7) is 1.51. The van der Waals surface area contributed by atoms with Gasteiger partial charge in [-0.15, -0.1) is 0 Å². The number of nitrogens with zero attached hydrogens (tertiary/aromatic N) is 2. The summed E-state index contributed by atoms with van der Waals surface area (Å²) in [5.74, 6) is -6.76. The van der Waals surface area contributed by atoms with E-state index in [0.29, 0.717) is 5.57 Å². The quantitative estimate of drug-likeness (QED) is 0.209. The summed E-state index contributed by atoms with van der Waals surface area (Å²) >= 11 is 0. The van der Waals surface area contributed by atoms with E-state index >= 15 is 0 Å². The van der Waals surface area contributed by atoms with Crippen LogP contribution in [0.4, 0.5) is 15.8 Å². The fourth-order valence-corrected chi connectivity index (χ4v) is 6.48. The van der Waals surface area contributed by atoms with Gasteiger partial charge in [-0.2, -0.15) is 0 Å². The summed E-state index contributed by atoms with van der Waals surface area (Å²) < 4.78 is 14.5. The molecule has 1 fully saturated rings. The Balaban J connectivity index is 1.49. The average molecular weight is 528 g/mol. The van der Waals surface area contributed by atoms with Gasteiger partial charge in [0.15, 0.2) is 23.1 Å². The van der Waals surface area contributed by atoms with E-state index in [1.807, 2.05) is 0 Å². The number of nitro groups is 1. The molecule has 2 aromatic rings. The van der Waals surface area contributed by atoms with Gasteiger partial charge in [0, 0.05) is 40.3 Å². The third kappa shape index (κ3) is 3.51. The predicted octanol–water partition coefficient (Wildman–Crippen LogP) is 4.07. The number of carbonyl (C=O) groups excluding carboxylic acids is 4. The minimum atomic E-state index is -0.981. The number of aromatic hydroxyl groups is 1. The maximum absolute atomic E-state index is 14.5. The first-order valence-corrected chi connectivity index (χ1v) is 12.4. The number of phenols is 1. The van der Waals surface area contributed by atoms with Crippen molar-refractivity contribution in [2.45, 2.75) is 25.7 Å². The molecule has 4 aliphatic rings. The lowest BCUT2D eigenvalue weighted by Crippen LogP contribution is -2.39. The highest BCUT2D eigenvalue weighted by Crippen LogP contribution is 2.56. The van der Waals surface area contributed by atoms with Crippen LogP contribution in [0.15, 0.2) is 76.9 Å². The van der Waals surface area contributed by atoms with Crippen molar-refractivity contribution < 1.29 is 33.6 Å². The van der Waals surface area contributed by atoms with Gasteiger partial charge in [-0.25, -0.2) is 9.29 Å². The molecule has 2 amide bonds. The molecule has 1 aliphatic heterocycles. The summed E-state index contributed by atoms with van der Waals surface area (Å²) in [6, 6.07) is 9.20.